The molecular weight excluding hydrogens is 518 g/mol. The Morgan fingerprint density at radius 3 is 1.00 bits per heavy atom. The van der Waals surface area contributed by atoms with Gasteiger partial charge in [0.05, 0.1) is 9.85 Å². The molecular formula is C25H23N3O11. The summed E-state index contributed by atoms with van der Waals surface area (Å²) in [6.07, 6.45) is 0. The second-order valence-corrected chi connectivity index (χ2v) is 7.25. The van der Waals surface area contributed by atoms with Crippen LogP contribution in [0, 0.1) is 30.3 Å². The number of phenols is 4. The number of nitrogens with zero attached hydrogens (tertiary/aromatic N) is 3. The largest absolute Gasteiger partial charge is 0.508 e. The van der Waals surface area contributed by atoms with Crippen LogP contribution in [0.4, 0.5) is 11.4 Å². The molecule has 0 unspecified atom stereocenters. The van der Waals surface area contributed by atoms with Crippen molar-refractivity contribution in [1.82, 2.24) is 0 Å². The van der Waals surface area contributed by atoms with Crippen molar-refractivity contribution in [3.05, 3.63) is 115 Å². The van der Waals surface area contributed by atoms with E-state index in [9.17, 15) is 30.4 Å². The van der Waals surface area contributed by atoms with E-state index in [1.807, 2.05) is 24.3 Å². The molecule has 5 N–H and O–H groups in total. The molecule has 14 nitrogen and oxygen atoms in total. The van der Waals surface area contributed by atoms with E-state index in [1.54, 1.807) is 24.3 Å². The van der Waals surface area contributed by atoms with Gasteiger partial charge >= 0.3 is 11.4 Å². The van der Waals surface area contributed by atoms with Gasteiger partial charge in [-0.25, -0.2) is 0 Å². The normalized spacial score (nSPS) is 9.44. The third kappa shape index (κ3) is 9.23. The molecule has 4 aromatic carbocycles. The third-order valence-corrected chi connectivity index (χ3v) is 4.75. The monoisotopic (exact) mass is 541 g/mol. The Balaban J connectivity index is 0.000000349. The lowest BCUT2D eigenvalue weighted by Gasteiger charge is -2.04. The molecule has 0 aliphatic rings. The maximum atomic E-state index is 10.7. The second kappa shape index (κ2) is 14.0. The highest BCUT2D eigenvalue weighted by molar-refractivity contribution is 5.72. The molecule has 0 spiro atoms. The number of rotatable bonds is 4. The molecule has 0 radical (unpaired) electrons. The van der Waals surface area contributed by atoms with Crippen LogP contribution in [0.5, 0.6) is 23.0 Å². The number of nitro groups is 2. The molecule has 39 heavy (non-hydrogen) atoms. The smallest absolute Gasteiger partial charge is 0.311 e. The lowest BCUT2D eigenvalue weighted by Crippen LogP contribution is -1.91. The molecule has 4 aromatic rings. The van der Waals surface area contributed by atoms with Gasteiger partial charge in [-0.2, -0.15) is 0 Å². The minimum absolute atomic E-state index is 0. The van der Waals surface area contributed by atoms with Crippen LogP contribution in [-0.4, -0.2) is 40.6 Å². The first-order chi connectivity index (χ1) is 17.9. The SMILES string of the molecule is C.O=[N+]([O-])O.O=[N+]([O-])c1cc(-c2ccc(O)c([N+](=O)[O-])c2)ccc1O.Oc1ccc(-c2ccc(O)cc2)cc1. The van der Waals surface area contributed by atoms with Crippen molar-refractivity contribution >= 4 is 11.4 Å². The lowest BCUT2D eigenvalue weighted by molar-refractivity contribution is -0.742. The molecule has 0 aliphatic carbocycles. The van der Waals surface area contributed by atoms with Crippen molar-refractivity contribution < 1.29 is 40.6 Å². The molecule has 0 saturated carbocycles. The van der Waals surface area contributed by atoms with Gasteiger partial charge in [0.2, 0.25) is 0 Å². The van der Waals surface area contributed by atoms with E-state index in [2.05, 4.69) is 0 Å². The summed E-state index contributed by atoms with van der Waals surface area (Å²) in [4.78, 5) is 28.3. The molecule has 0 heterocycles. The highest BCUT2D eigenvalue weighted by Gasteiger charge is 2.18. The van der Waals surface area contributed by atoms with Crippen molar-refractivity contribution in [2.75, 3.05) is 0 Å². The number of phenolic OH excluding ortho intramolecular Hbond substituents is 4. The van der Waals surface area contributed by atoms with Crippen molar-refractivity contribution in [3.8, 4) is 45.3 Å². The van der Waals surface area contributed by atoms with Crippen molar-refractivity contribution in [3.63, 3.8) is 0 Å². The molecule has 0 bridgehead atoms. The average molecular weight is 541 g/mol. The summed E-state index contributed by atoms with van der Waals surface area (Å²) in [7, 11) is 0. The van der Waals surface area contributed by atoms with Crippen molar-refractivity contribution in [1.29, 1.82) is 0 Å². The summed E-state index contributed by atoms with van der Waals surface area (Å²) >= 11 is 0. The van der Waals surface area contributed by atoms with Crippen molar-refractivity contribution in [2.24, 2.45) is 0 Å². The van der Waals surface area contributed by atoms with Gasteiger partial charge in [-0.15, -0.1) is 10.1 Å². The third-order valence-electron chi connectivity index (χ3n) is 4.75. The molecule has 0 aromatic heterocycles. The fourth-order valence-corrected chi connectivity index (χ4v) is 3.01. The van der Waals surface area contributed by atoms with Crippen LogP contribution in [0.15, 0.2) is 84.9 Å². The van der Waals surface area contributed by atoms with Gasteiger partial charge in [0.25, 0.3) is 5.09 Å². The van der Waals surface area contributed by atoms with Crippen LogP contribution < -0.4 is 0 Å². The van der Waals surface area contributed by atoms with E-state index in [0.29, 0.717) is 11.1 Å². The van der Waals surface area contributed by atoms with Crippen LogP contribution in [0.1, 0.15) is 7.43 Å². The molecule has 0 saturated heterocycles. The fourth-order valence-electron chi connectivity index (χ4n) is 3.01. The average Bonchev–Trinajstić information content (AvgIpc) is 2.85. The number of nitro benzene ring substituents is 2. The Bertz CT molecular complexity index is 1330. The highest BCUT2D eigenvalue weighted by Crippen LogP contribution is 2.35. The zero-order valence-electron chi connectivity index (χ0n) is 19.1. The van der Waals surface area contributed by atoms with E-state index in [4.69, 9.17) is 25.5 Å². The van der Waals surface area contributed by atoms with Gasteiger partial charge in [-0.3, -0.25) is 20.2 Å². The zero-order valence-corrected chi connectivity index (χ0v) is 19.1. The Kier molecular flexibility index (Phi) is 11.2. The topological polar surface area (TPSA) is 231 Å². The van der Waals surface area contributed by atoms with E-state index < -0.39 is 37.8 Å². The minimum Gasteiger partial charge on any atom is -0.508 e. The molecule has 0 fully saturated rings. The van der Waals surface area contributed by atoms with Gasteiger partial charge in [0.1, 0.15) is 11.5 Å². The first-order valence-electron chi connectivity index (χ1n) is 10.3. The number of aromatic hydroxyl groups is 4. The fraction of sp³-hybridized carbons (Fsp3) is 0.0400. The first-order valence-corrected chi connectivity index (χ1v) is 10.3. The molecule has 4 rings (SSSR count). The van der Waals surface area contributed by atoms with Gasteiger partial charge in [0, 0.05) is 12.1 Å². The van der Waals surface area contributed by atoms with Crippen LogP contribution in [-0.2, 0) is 0 Å². The summed E-state index contributed by atoms with van der Waals surface area (Å²) in [5, 5.41) is 72.0. The Hall–Kier alpha value is -5.92. The van der Waals surface area contributed by atoms with Crippen LogP contribution in [0.2, 0.25) is 0 Å². The Morgan fingerprint density at radius 2 is 0.744 bits per heavy atom. The first kappa shape index (κ1) is 31.1. The standard InChI is InChI=1S/C12H8N2O6.C12H10O2.CH4.HNO3/c15-11-3-1-7(5-9(11)13(17)18)8-2-4-12(16)10(6-8)14(19)20;13-11-5-1-9(2-6-11)10-3-7-12(14)8-4-10;;2-1(3)4/h1-6,15-16H;1-8,13-14H;1H4;(H,2,3,4). The minimum atomic E-state index is -1.50. The molecule has 204 valence electrons. The van der Waals surface area contributed by atoms with E-state index in [0.717, 1.165) is 35.4 Å². The van der Waals surface area contributed by atoms with Gasteiger partial charge in [-0.1, -0.05) is 43.8 Å². The van der Waals surface area contributed by atoms with Gasteiger partial charge in [-0.05, 0) is 58.7 Å². The number of hydrogen-bond donors (Lipinski definition) is 5. The van der Waals surface area contributed by atoms with Gasteiger partial charge < -0.3 is 25.6 Å². The van der Waals surface area contributed by atoms with Gasteiger partial charge in [0.15, 0.2) is 11.5 Å². The quantitative estimate of drug-likeness (QED) is 0.157. The van der Waals surface area contributed by atoms with E-state index in [-0.39, 0.29) is 18.9 Å². The molecule has 0 aliphatic heterocycles. The second-order valence-electron chi connectivity index (χ2n) is 7.25. The van der Waals surface area contributed by atoms with Crippen molar-refractivity contribution in [2.45, 2.75) is 7.43 Å². The maximum absolute atomic E-state index is 10.7. The summed E-state index contributed by atoms with van der Waals surface area (Å²) in [6.45, 7) is 0. The summed E-state index contributed by atoms with van der Waals surface area (Å²) in [5.74, 6) is -0.473. The highest BCUT2D eigenvalue weighted by atomic mass is 16.9. The maximum Gasteiger partial charge on any atom is 0.311 e. The Labute approximate surface area is 220 Å². The number of benzene rings is 4. The van der Waals surface area contributed by atoms with E-state index >= 15 is 0 Å². The Morgan fingerprint density at radius 1 is 0.487 bits per heavy atom. The molecule has 0 amide bonds. The summed E-state index contributed by atoms with van der Waals surface area (Å²) in [5.41, 5.74) is 1.66. The predicted octanol–water partition coefficient (Wildman–Crippen LogP) is 5.63. The summed E-state index contributed by atoms with van der Waals surface area (Å²) < 4.78 is 0. The number of hydrogen-bond acceptors (Lipinski definition) is 10. The zero-order chi connectivity index (χ0) is 28.4. The predicted molar refractivity (Wildman–Crippen MR) is 139 cm³/mol. The van der Waals surface area contributed by atoms with Crippen LogP contribution in [0.3, 0.4) is 0 Å². The molecule has 14 heteroatoms. The van der Waals surface area contributed by atoms with E-state index in [1.165, 1.54) is 12.1 Å². The van der Waals surface area contributed by atoms with Crippen LogP contribution >= 0.6 is 0 Å². The van der Waals surface area contributed by atoms with Crippen LogP contribution in [0.25, 0.3) is 22.3 Å². The lowest BCUT2D eigenvalue weighted by atomic mass is 10.0. The summed E-state index contributed by atoms with van der Waals surface area (Å²) in [6, 6.07) is 21.1. The molecule has 0 atom stereocenters.